The van der Waals surface area contributed by atoms with Gasteiger partial charge in [-0.3, -0.25) is 9.69 Å². The molecule has 1 aromatic rings. The summed E-state index contributed by atoms with van der Waals surface area (Å²) in [5, 5.41) is 2.89. The Hall–Kier alpha value is -2.12. The van der Waals surface area contributed by atoms with Crippen molar-refractivity contribution < 1.29 is 14.3 Å². The van der Waals surface area contributed by atoms with Crippen molar-refractivity contribution in [1.29, 1.82) is 0 Å². The number of piperazine rings is 1. The second-order valence-electron chi connectivity index (χ2n) is 6.24. The molecule has 0 spiro atoms. The van der Waals surface area contributed by atoms with E-state index in [0.29, 0.717) is 24.3 Å². The zero-order valence-electron chi connectivity index (χ0n) is 15.3. The van der Waals surface area contributed by atoms with Gasteiger partial charge in [-0.2, -0.15) is 0 Å². The summed E-state index contributed by atoms with van der Waals surface area (Å²) in [4.78, 5) is 30.1. The van der Waals surface area contributed by atoms with Gasteiger partial charge in [0.2, 0.25) is 0 Å². The molecule has 3 amide bonds. The number of hydrogen-bond donors (Lipinski definition) is 1. The van der Waals surface area contributed by atoms with E-state index in [1.54, 1.807) is 43.3 Å². The summed E-state index contributed by atoms with van der Waals surface area (Å²) in [6, 6.07) is 6.90. The van der Waals surface area contributed by atoms with Gasteiger partial charge in [0.15, 0.2) is 0 Å². The molecule has 7 nitrogen and oxygen atoms in total. The lowest BCUT2D eigenvalue weighted by atomic mass is 10.2. The average Bonchev–Trinajstić information content (AvgIpc) is 2.62. The number of urea groups is 1. The molecule has 2 rings (SSSR count). The summed E-state index contributed by atoms with van der Waals surface area (Å²) in [6.07, 6.45) is 0. The van der Waals surface area contributed by atoms with Gasteiger partial charge in [0.05, 0.1) is 6.61 Å². The molecule has 1 aliphatic heterocycles. The Morgan fingerprint density at radius 3 is 2.56 bits per heavy atom. The molecule has 0 bridgehead atoms. The molecule has 138 valence electrons. The van der Waals surface area contributed by atoms with Crippen LogP contribution < -0.4 is 5.32 Å². The van der Waals surface area contributed by atoms with Gasteiger partial charge < -0.3 is 19.9 Å². The van der Waals surface area contributed by atoms with E-state index in [2.05, 4.69) is 10.2 Å². The molecule has 0 atom stereocenters. The van der Waals surface area contributed by atoms with E-state index in [0.717, 1.165) is 32.8 Å². The number of benzene rings is 1. The third kappa shape index (κ3) is 5.72. The Kier molecular flexibility index (Phi) is 7.21. The summed E-state index contributed by atoms with van der Waals surface area (Å²) in [6.45, 7) is 7.43. The van der Waals surface area contributed by atoms with Crippen molar-refractivity contribution in [3.8, 4) is 0 Å². The van der Waals surface area contributed by atoms with Gasteiger partial charge in [-0.15, -0.1) is 0 Å². The highest BCUT2D eigenvalue weighted by Crippen LogP contribution is 2.13. The Bertz CT molecular complexity index is 583. The van der Waals surface area contributed by atoms with Crippen LogP contribution in [-0.2, 0) is 4.74 Å². The zero-order chi connectivity index (χ0) is 18.2. The molecule has 1 aromatic carbocycles. The Morgan fingerprint density at radius 1 is 1.20 bits per heavy atom. The van der Waals surface area contributed by atoms with E-state index >= 15 is 0 Å². The van der Waals surface area contributed by atoms with E-state index in [9.17, 15) is 9.59 Å². The van der Waals surface area contributed by atoms with Crippen LogP contribution in [-0.4, -0.2) is 86.7 Å². The fourth-order valence-electron chi connectivity index (χ4n) is 2.70. The first kappa shape index (κ1) is 19.2. The predicted molar refractivity (Wildman–Crippen MR) is 98.0 cm³/mol. The van der Waals surface area contributed by atoms with Gasteiger partial charge >= 0.3 is 6.03 Å². The average molecular weight is 348 g/mol. The van der Waals surface area contributed by atoms with Crippen molar-refractivity contribution in [2.45, 2.75) is 6.92 Å². The maximum atomic E-state index is 12.4. The van der Waals surface area contributed by atoms with Crippen LogP contribution in [0, 0.1) is 0 Å². The fourth-order valence-corrected chi connectivity index (χ4v) is 2.70. The monoisotopic (exact) mass is 348 g/mol. The molecule has 1 fully saturated rings. The summed E-state index contributed by atoms with van der Waals surface area (Å²) >= 11 is 0. The molecular formula is C18H28N4O3. The lowest BCUT2D eigenvalue weighted by molar-refractivity contribution is 0.0827. The first-order chi connectivity index (χ1) is 12.0. The molecule has 25 heavy (non-hydrogen) atoms. The summed E-state index contributed by atoms with van der Waals surface area (Å²) < 4.78 is 5.37. The van der Waals surface area contributed by atoms with Crippen LogP contribution in [0.5, 0.6) is 0 Å². The standard InChI is InChI=1S/C18H28N4O3/c1-4-25-13-12-21-8-10-22(11-9-21)18(24)19-16-7-5-6-15(14-16)17(23)20(2)3/h5-7,14H,4,8-13H2,1-3H3,(H,19,24). The number of carbonyl (C=O) groups is 2. The molecule has 0 aliphatic carbocycles. The van der Waals surface area contributed by atoms with Gasteiger partial charge in [0.25, 0.3) is 5.91 Å². The van der Waals surface area contributed by atoms with Crippen molar-refractivity contribution in [2.75, 3.05) is 65.3 Å². The molecule has 1 saturated heterocycles. The van der Waals surface area contributed by atoms with Crippen molar-refractivity contribution in [1.82, 2.24) is 14.7 Å². The molecule has 7 heteroatoms. The summed E-state index contributed by atoms with van der Waals surface area (Å²) in [5.41, 5.74) is 1.19. The minimum Gasteiger partial charge on any atom is -0.380 e. The second kappa shape index (κ2) is 9.39. The summed E-state index contributed by atoms with van der Waals surface area (Å²) in [7, 11) is 3.41. The number of carbonyl (C=O) groups excluding carboxylic acids is 2. The van der Waals surface area contributed by atoms with Crippen molar-refractivity contribution in [3.63, 3.8) is 0 Å². The van der Waals surface area contributed by atoms with Crippen molar-refractivity contribution in [3.05, 3.63) is 29.8 Å². The maximum Gasteiger partial charge on any atom is 0.321 e. The zero-order valence-corrected chi connectivity index (χ0v) is 15.3. The Labute approximate surface area is 149 Å². The SMILES string of the molecule is CCOCCN1CCN(C(=O)Nc2cccc(C(=O)N(C)C)c2)CC1. The van der Waals surface area contributed by atoms with Crippen LogP contribution in [0.25, 0.3) is 0 Å². The smallest absolute Gasteiger partial charge is 0.321 e. The van der Waals surface area contributed by atoms with Gasteiger partial charge in [-0.05, 0) is 25.1 Å². The van der Waals surface area contributed by atoms with E-state index in [1.807, 2.05) is 6.92 Å². The lowest BCUT2D eigenvalue weighted by Gasteiger charge is -2.34. The van der Waals surface area contributed by atoms with Gasteiger partial charge in [-0.1, -0.05) is 6.07 Å². The number of rotatable bonds is 6. The van der Waals surface area contributed by atoms with Crippen LogP contribution >= 0.6 is 0 Å². The van der Waals surface area contributed by atoms with Crippen LogP contribution in [0.1, 0.15) is 17.3 Å². The van der Waals surface area contributed by atoms with Crippen LogP contribution in [0.4, 0.5) is 10.5 Å². The highest BCUT2D eigenvalue weighted by Gasteiger charge is 2.21. The van der Waals surface area contributed by atoms with E-state index in [-0.39, 0.29) is 11.9 Å². The third-order valence-electron chi connectivity index (χ3n) is 4.18. The molecular weight excluding hydrogens is 320 g/mol. The topological polar surface area (TPSA) is 65.1 Å². The van der Waals surface area contributed by atoms with Crippen molar-refractivity contribution >= 4 is 17.6 Å². The first-order valence-electron chi connectivity index (χ1n) is 8.69. The predicted octanol–water partition coefficient (Wildman–Crippen LogP) is 1.57. The molecule has 0 radical (unpaired) electrons. The maximum absolute atomic E-state index is 12.4. The van der Waals surface area contributed by atoms with Crippen LogP contribution in [0.3, 0.4) is 0 Å². The Morgan fingerprint density at radius 2 is 1.92 bits per heavy atom. The number of anilines is 1. The quantitative estimate of drug-likeness (QED) is 0.793. The van der Waals surface area contributed by atoms with E-state index < -0.39 is 0 Å². The largest absolute Gasteiger partial charge is 0.380 e. The Balaban J connectivity index is 1.85. The minimum atomic E-state index is -0.126. The van der Waals surface area contributed by atoms with Crippen molar-refractivity contribution in [2.24, 2.45) is 0 Å². The number of ether oxygens (including phenoxy) is 1. The number of nitrogens with one attached hydrogen (secondary N) is 1. The molecule has 1 aliphatic rings. The van der Waals surface area contributed by atoms with Gasteiger partial charge in [0.1, 0.15) is 0 Å². The highest BCUT2D eigenvalue weighted by atomic mass is 16.5. The van der Waals surface area contributed by atoms with Gasteiger partial charge in [0, 0.05) is 64.7 Å². The molecule has 0 unspecified atom stereocenters. The molecule has 0 aromatic heterocycles. The van der Waals surface area contributed by atoms with E-state index in [1.165, 1.54) is 4.90 Å². The highest BCUT2D eigenvalue weighted by molar-refractivity contribution is 5.96. The third-order valence-corrected chi connectivity index (χ3v) is 4.18. The first-order valence-corrected chi connectivity index (χ1v) is 8.69. The number of hydrogen-bond acceptors (Lipinski definition) is 4. The van der Waals surface area contributed by atoms with Gasteiger partial charge in [-0.25, -0.2) is 4.79 Å². The molecule has 1 heterocycles. The summed E-state index contributed by atoms with van der Waals surface area (Å²) in [5.74, 6) is -0.0842. The van der Waals surface area contributed by atoms with Crippen LogP contribution in [0.15, 0.2) is 24.3 Å². The van der Waals surface area contributed by atoms with Crippen LogP contribution in [0.2, 0.25) is 0 Å². The second-order valence-corrected chi connectivity index (χ2v) is 6.24. The lowest BCUT2D eigenvalue weighted by Crippen LogP contribution is -2.50. The normalized spacial score (nSPS) is 15.1. The fraction of sp³-hybridized carbons (Fsp3) is 0.556. The molecule has 0 saturated carbocycles. The van der Waals surface area contributed by atoms with E-state index in [4.69, 9.17) is 4.74 Å². The number of nitrogens with zero attached hydrogens (tertiary/aromatic N) is 3. The number of amides is 3. The molecule has 1 N–H and O–H groups in total. The minimum absolute atomic E-state index is 0.0842.